The average molecular weight is 307 g/mol. The van der Waals surface area contributed by atoms with Gasteiger partial charge in [0.2, 0.25) is 0 Å². The van der Waals surface area contributed by atoms with Gasteiger partial charge in [0, 0.05) is 6.08 Å². The Morgan fingerprint density at radius 1 is 1.62 bits per heavy atom. The maximum Gasteiger partial charge on any atom is 0.332 e. The van der Waals surface area contributed by atoms with Gasteiger partial charge in [-0.3, -0.25) is 14.3 Å². The predicted octanol–water partition coefficient (Wildman–Crippen LogP) is -0.493. The molecule has 3 rings (SSSR count). The number of nitrogens with zero attached hydrogens (tertiary/aromatic N) is 3. The van der Waals surface area contributed by atoms with Crippen LogP contribution >= 0.6 is 11.3 Å². The number of ether oxygens (including phenoxy) is 1. The van der Waals surface area contributed by atoms with Gasteiger partial charge in [-0.05, 0) is 12.1 Å². The summed E-state index contributed by atoms with van der Waals surface area (Å²) in [7, 11) is 1.28. The molecule has 0 unspecified atom stereocenters. The molecule has 0 fully saturated rings. The third-order valence-electron chi connectivity index (χ3n) is 3.05. The highest BCUT2D eigenvalue weighted by Gasteiger charge is 2.16. The van der Waals surface area contributed by atoms with Crippen molar-refractivity contribution in [2.24, 2.45) is 4.99 Å². The van der Waals surface area contributed by atoms with Gasteiger partial charge >= 0.3 is 5.97 Å². The Bertz CT molecular complexity index is 819. The number of hydrogen-bond donors (Lipinski definition) is 0. The second-order valence-electron chi connectivity index (χ2n) is 4.50. The molecule has 0 saturated carbocycles. The molecule has 2 aromatic rings. The number of esters is 1. The van der Waals surface area contributed by atoms with E-state index in [0.717, 1.165) is 5.76 Å². The topological polar surface area (TPSA) is 77.0 Å². The monoisotopic (exact) mass is 307 g/mol. The molecule has 0 aromatic carbocycles. The van der Waals surface area contributed by atoms with Crippen LogP contribution in [0, 0.1) is 0 Å². The van der Waals surface area contributed by atoms with Crippen LogP contribution in [0.3, 0.4) is 0 Å². The Morgan fingerprint density at radius 2 is 2.48 bits per heavy atom. The fourth-order valence-corrected chi connectivity index (χ4v) is 2.97. The van der Waals surface area contributed by atoms with Crippen molar-refractivity contribution >= 4 is 23.4 Å². The highest BCUT2D eigenvalue weighted by Crippen LogP contribution is 2.07. The summed E-state index contributed by atoms with van der Waals surface area (Å²) in [4.78, 5) is 30.4. The average Bonchev–Trinajstić information content (AvgIpc) is 3.09. The minimum atomic E-state index is -0.543. The zero-order chi connectivity index (χ0) is 14.8. The summed E-state index contributed by atoms with van der Waals surface area (Å²) < 4.78 is 11.7. The summed E-state index contributed by atoms with van der Waals surface area (Å²) >= 11 is 1.19. The summed E-state index contributed by atoms with van der Waals surface area (Å²) in [6.45, 7) is 1.48. The minimum absolute atomic E-state index is 0.228. The fraction of sp³-hybridized carbons (Fsp3) is 0.308. The number of carbonyl (C=O) groups excluding carboxylic acids is 1. The van der Waals surface area contributed by atoms with E-state index in [-0.39, 0.29) is 5.56 Å². The Morgan fingerprint density at radius 3 is 3.19 bits per heavy atom. The number of rotatable bonds is 3. The van der Waals surface area contributed by atoms with Crippen molar-refractivity contribution < 1.29 is 13.9 Å². The van der Waals surface area contributed by atoms with Crippen LogP contribution in [-0.2, 0) is 22.7 Å². The van der Waals surface area contributed by atoms with Crippen LogP contribution in [0.1, 0.15) is 5.76 Å². The molecule has 21 heavy (non-hydrogen) atoms. The first-order chi connectivity index (χ1) is 10.2. The van der Waals surface area contributed by atoms with Gasteiger partial charge in [-0.15, -0.1) is 0 Å². The van der Waals surface area contributed by atoms with E-state index >= 15 is 0 Å². The van der Waals surface area contributed by atoms with Crippen LogP contribution in [0.15, 0.2) is 32.6 Å². The molecule has 0 saturated heterocycles. The summed E-state index contributed by atoms with van der Waals surface area (Å²) in [6.07, 6.45) is 2.81. The van der Waals surface area contributed by atoms with Crippen molar-refractivity contribution in [3.8, 4) is 0 Å². The molecule has 8 heteroatoms. The highest BCUT2D eigenvalue weighted by atomic mass is 32.1. The van der Waals surface area contributed by atoms with Crippen molar-refractivity contribution in [3.05, 3.63) is 43.8 Å². The zero-order valence-corrected chi connectivity index (χ0v) is 12.1. The van der Waals surface area contributed by atoms with E-state index in [1.165, 1.54) is 24.5 Å². The maximum atomic E-state index is 12.2. The molecule has 2 aromatic heterocycles. The first-order valence-electron chi connectivity index (χ1n) is 6.26. The Hall–Kier alpha value is -2.19. The van der Waals surface area contributed by atoms with Crippen LogP contribution in [0.2, 0.25) is 0 Å². The van der Waals surface area contributed by atoms with Gasteiger partial charge in [0.05, 0.1) is 33.3 Å². The van der Waals surface area contributed by atoms with E-state index < -0.39 is 5.97 Å². The van der Waals surface area contributed by atoms with Gasteiger partial charge in [0.15, 0.2) is 4.80 Å². The number of aromatic nitrogens is 1. The van der Waals surface area contributed by atoms with E-state index in [1.807, 2.05) is 17.0 Å². The fourth-order valence-electron chi connectivity index (χ4n) is 2.04. The third-order valence-corrected chi connectivity index (χ3v) is 4.09. The number of furan rings is 1. The zero-order valence-electron chi connectivity index (χ0n) is 11.3. The van der Waals surface area contributed by atoms with Crippen LogP contribution in [0.5, 0.6) is 0 Å². The number of fused-ring (bicyclic) bond motifs is 1. The van der Waals surface area contributed by atoms with Gasteiger partial charge in [0.25, 0.3) is 5.56 Å². The first kappa shape index (κ1) is 13.8. The normalized spacial score (nSPS) is 15.6. The summed E-state index contributed by atoms with van der Waals surface area (Å²) in [5.41, 5.74) is -0.228. The second kappa shape index (κ2) is 5.66. The summed E-state index contributed by atoms with van der Waals surface area (Å²) in [6, 6.07) is 3.70. The smallest absolute Gasteiger partial charge is 0.332 e. The SMILES string of the molecule is COC(=O)/C=c1/sc2n(c1=O)CN(Cc1ccco1)CN=2. The van der Waals surface area contributed by atoms with E-state index in [9.17, 15) is 9.59 Å². The van der Waals surface area contributed by atoms with Crippen molar-refractivity contribution in [1.82, 2.24) is 9.47 Å². The Balaban J connectivity index is 1.88. The Labute approximate surface area is 123 Å². The number of carbonyl (C=O) groups is 1. The lowest BCUT2D eigenvalue weighted by molar-refractivity contribution is -0.133. The second-order valence-corrected chi connectivity index (χ2v) is 5.51. The molecular formula is C13H13N3O4S. The standard InChI is InChI=1S/C13H13N3O4S/c1-19-11(17)5-10-12(18)16-8-15(7-14-13(16)21-10)6-9-3-2-4-20-9/h2-5H,6-8H2,1H3/b10-5+. The van der Waals surface area contributed by atoms with Crippen LogP contribution in [-0.4, -0.2) is 29.2 Å². The van der Waals surface area contributed by atoms with Crippen molar-refractivity contribution in [3.63, 3.8) is 0 Å². The molecular weight excluding hydrogens is 294 g/mol. The van der Waals surface area contributed by atoms with Gasteiger partial charge in [-0.2, -0.15) is 0 Å². The van der Waals surface area contributed by atoms with Gasteiger partial charge < -0.3 is 9.15 Å². The molecule has 0 aliphatic carbocycles. The quantitative estimate of drug-likeness (QED) is 0.715. The molecule has 1 aliphatic rings. The van der Waals surface area contributed by atoms with Gasteiger partial charge in [-0.25, -0.2) is 9.79 Å². The first-order valence-corrected chi connectivity index (χ1v) is 7.07. The van der Waals surface area contributed by atoms with E-state index in [1.54, 1.807) is 10.8 Å². The highest BCUT2D eigenvalue weighted by molar-refractivity contribution is 7.07. The lowest BCUT2D eigenvalue weighted by Gasteiger charge is -2.21. The van der Waals surface area contributed by atoms with Crippen molar-refractivity contribution in [2.75, 3.05) is 13.8 Å². The van der Waals surface area contributed by atoms with Crippen LogP contribution in [0.25, 0.3) is 6.08 Å². The van der Waals surface area contributed by atoms with Gasteiger partial charge in [-0.1, -0.05) is 11.3 Å². The number of thiazole rings is 1. The summed E-state index contributed by atoms with van der Waals surface area (Å²) in [5, 5.41) is 0. The molecule has 1 aliphatic heterocycles. The van der Waals surface area contributed by atoms with E-state index in [0.29, 0.717) is 29.2 Å². The van der Waals surface area contributed by atoms with Crippen LogP contribution in [0.4, 0.5) is 0 Å². The number of methoxy groups -OCH3 is 1. The third kappa shape index (κ3) is 2.81. The van der Waals surface area contributed by atoms with E-state index in [2.05, 4.69) is 9.73 Å². The maximum absolute atomic E-state index is 12.2. The largest absolute Gasteiger partial charge is 0.468 e. The molecule has 0 radical (unpaired) electrons. The molecule has 3 heterocycles. The van der Waals surface area contributed by atoms with Crippen molar-refractivity contribution in [1.29, 1.82) is 0 Å². The number of hydrogen-bond acceptors (Lipinski definition) is 7. The Kier molecular flexibility index (Phi) is 3.72. The van der Waals surface area contributed by atoms with Crippen molar-refractivity contribution in [2.45, 2.75) is 13.2 Å². The molecule has 0 bridgehead atoms. The summed E-state index contributed by atoms with van der Waals surface area (Å²) in [5.74, 6) is 0.275. The lowest BCUT2D eigenvalue weighted by Crippen LogP contribution is -2.42. The molecule has 0 atom stereocenters. The molecule has 7 nitrogen and oxygen atoms in total. The molecule has 110 valence electrons. The molecule has 0 N–H and O–H groups in total. The molecule has 0 spiro atoms. The molecule has 0 amide bonds. The van der Waals surface area contributed by atoms with Crippen LogP contribution < -0.4 is 14.9 Å². The van der Waals surface area contributed by atoms with Gasteiger partial charge in [0.1, 0.15) is 10.3 Å². The van der Waals surface area contributed by atoms with E-state index in [4.69, 9.17) is 4.42 Å². The lowest BCUT2D eigenvalue weighted by atomic mass is 10.4. The minimum Gasteiger partial charge on any atom is -0.468 e. The predicted molar refractivity (Wildman–Crippen MR) is 75.0 cm³/mol.